The van der Waals surface area contributed by atoms with Crippen LogP contribution in [0.5, 0.6) is 5.75 Å². The van der Waals surface area contributed by atoms with Crippen LogP contribution in [0.4, 0.5) is 0 Å². The van der Waals surface area contributed by atoms with E-state index in [1.807, 2.05) is 0 Å². The molecule has 6 nitrogen and oxygen atoms in total. The minimum Gasteiger partial charge on any atom is -0.425 e. The maximum atomic E-state index is 11.3. The Hall–Kier alpha value is -2.37. The Bertz CT molecular complexity index is 465. The summed E-state index contributed by atoms with van der Waals surface area (Å²) >= 11 is 0. The van der Waals surface area contributed by atoms with E-state index in [-0.39, 0.29) is 24.0 Å². The van der Waals surface area contributed by atoms with E-state index in [1.54, 1.807) is 18.2 Å². The van der Waals surface area contributed by atoms with Gasteiger partial charge in [0.2, 0.25) is 0 Å². The van der Waals surface area contributed by atoms with Crippen molar-refractivity contribution in [2.24, 2.45) is 16.5 Å². The van der Waals surface area contributed by atoms with Crippen LogP contribution < -0.4 is 16.2 Å². The van der Waals surface area contributed by atoms with Crippen molar-refractivity contribution in [3.8, 4) is 5.75 Å². The van der Waals surface area contributed by atoms with E-state index in [0.717, 1.165) is 0 Å². The predicted molar refractivity (Wildman–Crippen MR) is 62.8 cm³/mol. The number of hydrogen-bond acceptors (Lipinski definition) is 4. The molecule has 0 aliphatic heterocycles. The summed E-state index contributed by atoms with van der Waals surface area (Å²) in [6, 6.07) is 6.31. The van der Waals surface area contributed by atoms with Gasteiger partial charge in [0, 0.05) is 5.56 Å². The molecule has 0 aliphatic carbocycles. The van der Waals surface area contributed by atoms with Gasteiger partial charge in [0.25, 0.3) is 0 Å². The van der Waals surface area contributed by atoms with Crippen LogP contribution in [0.2, 0.25) is 0 Å². The van der Waals surface area contributed by atoms with E-state index in [9.17, 15) is 9.59 Å². The molecule has 1 aromatic carbocycles. The van der Waals surface area contributed by atoms with E-state index in [2.05, 4.69) is 4.99 Å². The number of carbonyl (C=O) groups excluding carboxylic acids is 2. The molecule has 0 amide bonds. The highest BCUT2D eigenvalue weighted by Gasteiger charge is 2.06. The molecule has 0 radical (unpaired) electrons. The van der Waals surface area contributed by atoms with Crippen molar-refractivity contribution in [3.05, 3.63) is 29.8 Å². The summed E-state index contributed by atoms with van der Waals surface area (Å²) in [6.45, 7) is 1.17. The summed E-state index contributed by atoms with van der Waals surface area (Å²) in [5, 5.41) is 0. The SMILES string of the molecule is CC(=O)c1cccc(OC(=O)CN=C(N)N)c1. The van der Waals surface area contributed by atoms with Crippen LogP contribution in [0.25, 0.3) is 0 Å². The average Bonchev–Trinajstić information content (AvgIpc) is 2.26. The van der Waals surface area contributed by atoms with Crippen LogP contribution >= 0.6 is 0 Å². The first kappa shape index (κ1) is 12.7. The number of nitrogens with zero attached hydrogens (tertiary/aromatic N) is 1. The molecule has 4 N–H and O–H groups in total. The highest BCUT2D eigenvalue weighted by Crippen LogP contribution is 2.13. The minimum absolute atomic E-state index is 0.105. The lowest BCUT2D eigenvalue weighted by atomic mass is 10.1. The zero-order valence-corrected chi connectivity index (χ0v) is 9.34. The van der Waals surface area contributed by atoms with Gasteiger partial charge in [0.1, 0.15) is 12.3 Å². The number of hydrogen-bond donors (Lipinski definition) is 2. The smallest absolute Gasteiger partial charge is 0.333 e. The molecule has 90 valence electrons. The second-order valence-electron chi connectivity index (χ2n) is 3.30. The third-order valence-electron chi connectivity index (χ3n) is 1.86. The normalized spacial score (nSPS) is 9.47. The number of rotatable bonds is 4. The van der Waals surface area contributed by atoms with E-state index >= 15 is 0 Å². The first-order chi connectivity index (χ1) is 7.99. The van der Waals surface area contributed by atoms with Gasteiger partial charge in [-0.25, -0.2) is 9.79 Å². The Kier molecular flexibility index (Phi) is 4.21. The van der Waals surface area contributed by atoms with Gasteiger partial charge in [-0.15, -0.1) is 0 Å². The zero-order chi connectivity index (χ0) is 12.8. The average molecular weight is 235 g/mol. The molecule has 0 heterocycles. The fraction of sp³-hybridized carbons (Fsp3) is 0.182. The first-order valence-corrected chi connectivity index (χ1v) is 4.86. The second-order valence-corrected chi connectivity index (χ2v) is 3.30. The molecule has 0 bridgehead atoms. The number of ether oxygens (including phenoxy) is 1. The number of guanidine groups is 1. The van der Waals surface area contributed by atoms with Gasteiger partial charge >= 0.3 is 5.97 Å². The van der Waals surface area contributed by atoms with Crippen LogP contribution in [0.3, 0.4) is 0 Å². The van der Waals surface area contributed by atoms with E-state index in [0.29, 0.717) is 5.56 Å². The highest BCUT2D eigenvalue weighted by atomic mass is 16.5. The number of benzene rings is 1. The summed E-state index contributed by atoms with van der Waals surface area (Å²) in [5.74, 6) is -0.598. The van der Waals surface area contributed by atoms with Crippen LogP contribution in [-0.4, -0.2) is 24.3 Å². The maximum absolute atomic E-state index is 11.3. The fourth-order valence-corrected chi connectivity index (χ4v) is 1.10. The minimum atomic E-state index is -0.598. The number of esters is 1. The molecule has 17 heavy (non-hydrogen) atoms. The molecule has 1 rings (SSSR count). The molecule has 0 saturated heterocycles. The summed E-state index contributed by atoms with van der Waals surface area (Å²) in [7, 11) is 0. The molecule has 1 aromatic rings. The van der Waals surface area contributed by atoms with Crippen LogP contribution in [0, 0.1) is 0 Å². The first-order valence-electron chi connectivity index (χ1n) is 4.86. The lowest BCUT2D eigenvalue weighted by Gasteiger charge is -2.03. The molecule has 0 aliphatic rings. The van der Waals surface area contributed by atoms with Crippen molar-refractivity contribution in [2.75, 3.05) is 6.54 Å². The van der Waals surface area contributed by atoms with Gasteiger partial charge < -0.3 is 16.2 Å². The van der Waals surface area contributed by atoms with E-state index in [1.165, 1.54) is 13.0 Å². The van der Waals surface area contributed by atoms with Crippen molar-refractivity contribution >= 4 is 17.7 Å². The predicted octanol–water partition coefficient (Wildman–Crippen LogP) is 0.0680. The lowest BCUT2D eigenvalue weighted by molar-refractivity contribution is -0.132. The molecule has 6 heteroatoms. The summed E-state index contributed by atoms with van der Waals surface area (Å²) in [5.41, 5.74) is 10.6. The van der Waals surface area contributed by atoms with Crippen LogP contribution in [0.15, 0.2) is 29.3 Å². The van der Waals surface area contributed by atoms with Crippen LogP contribution in [0.1, 0.15) is 17.3 Å². The summed E-state index contributed by atoms with van der Waals surface area (Å²) in [6.07, 6.45) is 0. The van der Waals surface area contributed by atoms with Gasteiger partial charge in [0.15, 0.2) is 11.7 Å². The molecule has 0 spiro atoms. The zero-order valence-electron chi connectivity index (χ0n) is 9.34. The topological polar surface area (TPSA) is 108 Å². The van der Waals surface area contributed by atoms with E-state index in [4.69, 9.17) is 16.2 Å². The number of carbonyl (C=O) groups is 2. The van der Waals surface area contributed by atoms with Crippen molar-refractivity contribution in [1.29, 1.82) is 0 Å². The lowest BCUT2D eigenvalue weighted by Crippen LogP contribution is -2.25. The maximum Gasteiger partial charge on any atom is 0.333 e. The Labute approximate surface area is 98.3 Å². The van der Waals surface area contributed by atoms with Crippen molar-refractivity contribution in [1.82, 2.24) is 0 Å². The fourth-order valence-electron chi connectivity index (χ4n) is 1.10. The summed E-state index contributed by atoms with van der Waals surface area (Å²) in [4.78, 5) is 25.9. The monoisotopic (exact) mass is 235 g/mol. The van der Waals surface area contributed by atoms with Gasteiger partial charge in [-0.2, -0.15) is 0 Å². The molecular weight excluding hydrogens is 222 g/mol. The molecule has 0 atom stereocenters. The Morgan fingerprint density at radius 1 is 1.35 bits per heavy atom. The molecule has 0 fully saturated rings. The molecule has 0 aromatic heterocycles. The molecule has 0 unspecified atom stereocenters. The number of ketones is 1. The highest BCUT2D eigenvalue weighted by molar-refractivity contribution is 5.94. The van der Waals surface area contributed by atoms with Gasteiger partial charge in [-0.3, -0.25) is 4.79 Å². The molecular formula is C11H13N3O3. The van der Waals surface area contributed by atoms with Gasteiger partial charge in [-0.05, 0) is 19.1 Å². The van der Waals surface area contributed by atoms with Crippen molar-refractivity contribution < 1.29 is 14.3 Å². The quantitative estimate of drug-likeness (QED) is 0.252. The number of nitrogens with two attached hydrogens (primary N) is 2. The second kappa shape index (κ2) is 5.64. The van der Waals surface area contributed by atoms with Crippen LogP contribution in [-0.2, 0) is 4.79 Å². The Morgan fingerprint density at radius 2 is 2.06 bits per heavy atom. The van der Waals surface area contributed by atoms with Crippen molar-refractivity contribution in [2.45, 2.75) is 6.92 Å². The van der Waals surface area contributed by atoms with Gasteiger partial charge in [0.05, 0.1) is 0 Å². The Balaban J connectivity index is 2.68. The van der Waals surface area contributed by atoms with Crippen molar-refractivity contribution in [3.63, 3.8) is 0 Å². The number of aliphatic imine (C=N–C) groups is 1. The summed E-state index contributed by atoms with van der Waals surface area (Å²) < 4.78 is 4.95. The largest absolute Gasteiger partial charge is 0.425 e. The Morgan fingerprint density at radius 3 is 2.65 bits per heavy atom. The third kappa shape index (κ3) is 4.33. The number of Topliss-reactive ketones (excluding diaryl/α,β-unsaturated/α-hetero) is 1. The standard InChI is InChI=1S/C11H13N3O3/c1-7(15)8-3-2-4-9(5-8)17-10(16)6-14-11(12)13/h2-5H,6H2,1H3,(H4,12,13,14). The van der Waals surface area contributed by atoms with E-state index < -0.39 is 5.97 Å². The third-order valence-corrected chi connectivity index (χ3v) is 1.86. The van der Waals surface area contributed by atoms with Gasteiger partial charge in [-0.1, -0.05) is 12.1 Å². The molecule has 0 saturated carbocycles.